The van der Waals surface area contributed by atoms with Gasteiger partial charge in [0.2, 0.25) is 17.7 Å². The Morgan fingerprint density at radius 2 is 1.61 bits per heavy atom. The van der Waals surface area contributed by atoms with Crippen molar-refractivity contribution < 1.29 is 38.1 Å². The van der Waals surface area contributed by atoms with Gasteiger partial charge < -0.3 is 45.0 Å². The Kier molecular flexibility index (Phi) is 14.8. The lowest BCUT2D eigenvalue weighted by Crippen LogP contribution is -2.61. The second-order valence-corrected chi connectivity index (χ2v) is 13.5. The Labute approximate surface area is 290 Å². The van der Waals surface area contributed by atoms with Crippen molar-refractivity contribution in [2.24, 2.45) is 11.1 Å². The SMILES string of the molecule is COCC(=O)NC(C(=O)N1Cc2cc(OCCOCCOCCOCCN)ccc2C[C@H]1C(=O)N[C@@H]1CCCc2ccccc21)C(C)(C)C. The van der Waals surface area contributed by atoms with Crippen molar-refractivity contribution in [3.8, 4) is 5.75 Å². The van der Waals surface area contributed by atoms with Gasteiger partial charge in [-0.05, 0) is 59.1 Å². The van der Waals surface area contributed by atoms with E-state index in [9.17, 15) is 14.4 Å². The molecule has 0 saturated carbocycles. The number of rotatable bonds is 18. The number of aryl methyl sites for hydroxylation is 1. The number of ether oxygens (including phenoxy) is 5. The average molecular weight is 683 g/mol. The van der Waals surface area contributed by atoms with Gasteiger partial charge in [0.15, 0.2) is 0 Å². The summed E-state index contributed by atoms with van der Waals surface area (Å²) >= 11 is 0. The fraction of sp³-hybridized carbons (Fsp3) is 0.595. The van der Waals surface area contributed by atoms with Gasteiger partial charge in [0, 0.05) is 26.6 Å². The number of hydrogen-bond donors (Lipinski definition) is 3. The quantitative estimate of drug-likeness (QED) is 0.202. The zero-order valence-corrected chi connectivity index (χ0v) is 29.5. The van der Waals surface area contributed by atoms with Crippen LogP contribution in [0.3, 0.4) is 0 Å². The molecule has 0 saturated heterocycles. The molecule has 0 radical (unpaired) electrons. The van der Waals surface area contributed by atoms with E-state index in [1.807, 2.05) is 51.1 Å². The summed E-state index contributed by atoms with van der Waals surface area (Å²) in [6, 6.07) is 12.2. The molecule has 1 aliphatic carbocycles. The minimum Gasteiger partial charge on any atom is -0.491 e. The molecule has 4 rings (SSSR count). The summed E-state index contributed by atoms with van der Waals surface area (Å²) in [6.45, 7) is 9.33. The number of carbonyl (C=O) groups excluding carboxylic acids is 3. The minimum absolute atomic E-state index is 0.129. The van der Waals surface area contributed by atoms with Crippen LogP contribution in [-0.2, 0) is 52.7 Å². The monoisotopic (exact) mass is 682 g/mol. The normalized spacial score (nSPS) is 17.9. The second kappa shape index (κ2) is 19.0. The predicted octanol–water partition coefficient (Wildman–Crippen LogP) is 2.70. The number of amides is 3. The van der Waals surface area contributed by atoms with Crippen LogP contribution in [0.5, 0.6) is 5.75 Å². The number of nitrogens with one attached hydrogen (secondary N) is 2. The molecular weight excluding hydrogens is 628 g/mol. The average Bonchev–Trinajstić information content (AvgIpc) is 3.08. The number of benzene rings is 2. The Morgan fingerprint density at radius 1 is 0.918 bits per heavy atom. The van der Waals surface area contributed by atoms with Crippen LogP contribution >= 0.6 is 0 Å². The molecule has 1 unspecified atom stereocenters. The summed E-state index contributed by atoms with van der Waals surface area (Å²) in [6.07, 6.45) is 3.13. The van der Waals surface area contributed by atoms with Gasteiger partial charge in [-0.1, -0.05) is 51.1 Å². The molecular formula is C37H54N4O8. The van der Waals surface area contributed by atoms with E-state index in [2.05, 4.69) is 22.8 Å². The molecule has 3 amide bonds. The number of carbonyl (C=O) groups is 3. The molecule has 0 spiro atoms. The maximum absolute atomic E-state index is 14.4. The zero-order chi connectivity index (χ0) is 35.2. The lowest BCUT2D eigenvalue weighted by Gasteiger charge is -2.41. The Bertz CT molecular complexity index is 1380. The van der Waals surface area contributed by atoms with Crippen LogP contribution in [0, 0.1) is 5.41 Å². The Hall–Kier alpha value is -3.55. The van der Waals surface area contributed by atoms with Crippen molar-refractivity contribution in [3.05, 3.63) is 64.7 Å². The van der Waals surface area contributed by atoms with E-state index >= 15 is 0 Å². The molecule has 2 aliphatic rings. The van der Waals surface area contributed by atoms with Crippen molar-refractivity contribution in [3.63, 3.8) is 0 Å². The van der Waals surface area contributed by atoms with Crippen LogP contribution in [0.15, 0.2) is 42.5 Å². The number of nitrogens with zero attached hydrogens (tertiary/aromatic N) is 1. The van der Waals surface area contributed by atoms with E-state index in [1.54, 1.807) is 4.90 Å². The molecule has 12 heteroatoms. The Balaban J connectivity index is 1.45. The third-order valence-corrected chi connectivity index (χ3v) is 8.78. The van der Waals surface area contributed by atoms with Crippen molar-refractivity contribution in [1.82, 2.24) is 15.5 Å². The summed E-state index contributed by atoms with van der Waals surface area (Å²) in [7, 11) is 1.43. The van der Waals surface area contributed by atoms with Crippen molar-refractivity contribution in [2.45, 2.75) is 71.1 Å². The van der Waals surface area contributed by atoms with E-state index in [4.69, 9.17) is 29.4 Å². The van der Waals surface area contributed by atoms with E-state index in [0.717, 1.165) is 36.0 Å². The zero-order valence-electron chi connectivity index (χ0n) is 29.5. The van der Waals surface area contributed by atoms with Crippen molar-refractivity contribution in [2.75, 3.05) is 66.5 Å². The van der Waals surface area contributed by atoms with Crippen LogP contribution in [0.2, 0.25) is 0 Å². The van der Waals surface area contributed by atoms with E-state index in [0.29, 0.717) is 65.0 Å². The first-order valence-corrected chi connectivity index (χ1v) is 17.3. The van der Waals surface area contributed by atoms with Crippen LogP contribution in [0.1, 0.15) is 61.9 Å². The lowest BCUT2D eigenvalue weighted by molar-refractivity contribution is -0.147. The number of hydrogen-bond acceptors (Lipinski definition) is 9. The molecule has 0 fully saturated rings. The highest BCUT2D eigenvalue weighted by molar-refractivity contribution is 5.93. The van der Waals surface area contributed by atoms with Gasteiger partial charge in [-0.25, -0.2) is 0 Å². The molecule has 12 nitrogen and oxygen atoms in total. The molecule has 49 heavy (non-hydrogen) atoms. The maximum atomic E-state index is 14.4. The van der Waals surface area contributed by atoms with Crippen LogP contribution in [0.4, 0.5) is 0 Å². The van der Waals surface area contributed by atoms with Gasteiger partial charge in [-0.2, -0.15) is 0 Å². The van der Waals surface area contributed by atoms with Crippen LogP contribution < -0.4 is 21.1 Å². The standard InChI is InChI=1S/C37H54N4O8/c1-37(2,3)34(40-33(42)25-45-4)36(44)41-24-28-22-29(49-21-20-48-19-18-47-17-16-46-15-14-38)13-12-27(28)23-32(41)35(43)39-31-11-7-9-26-8-5-6-10-30(26)31/h5-6,8,10,12-13,22,31-32,34H,7,9,11,14-21,23-25,38H2,1-4H3,(H,39,43)(H,40,42)/t31-,32+,34?/m1/s1. The summed E-state index contributed by atoms with van der Waals surface area (Å²) in [5, 5.41) is 6.14. The summed E-state index contributed by atoms with van der Waals surface area (Å²) < 4.78 is 27.4. The maximum Gasteiger partial charge on any atom is 0.246 e. The molecule has 2 aromatic carbocycles. The molecule has 1 aliphatic heterocycles. The first-order valence-electron chi connectivity index (χ1n) is 17.3. The predicted molar refractivity (Wildman–Crippen MR) is 185 cm³/mol. The highest BCUT2D eigenvalue weighted by Gasteiger charge is 2.42. The molecule has 0 aromatic heterocycles. The molecule has 4 N–H and O–H groups in total. The first kappa shape index (κ1) is 38.3. The lowest BCUT2D eigenvalue weighted by atomic mass is 9.84. The highest BCUT2D eigenvalue weighted by Crippen LogP contribution is 2.33. The molecule has 1 heterocycles. The number of nitrogens with two attached hydrogens (primary N) is 1. The topological polar surface area (TPSA) is 151 Å². The molecule has 3 atom stereocenters. The van der Waals surface area contributed by atoms with Crippen molar-refractivity contribution in [1.29, 1.82) is 0 Å². The van der Waals surface area contributed by atoms with Gasteiger partial charge in [0.05, 0.1) is 45.7 Å². The third-order valence-electron chi connectivity index (χ3n) is 8.78. The first-order chi connectivity index (χ1) is 23.6. The van der Waals surface area contributed by atoms with E-state index < -0.39 is 23.4 Å². The third kappa shape index (κ3) is 11.2. The second-order valence-electron chi connectivity index (χ2n) is 13.5. The van der Waals surface area contributed by atoms with E-state index in [-0.39, 0.29) is 31.0 Å². The molecule has 270 valence electrons. The minimum atomic E-state index is -0.874. The molecule has 0 bridgehead atoms. The number of methoxy groups -OCH3 is 1. The van der Waals surface area contributed by atoms with Gasteiger partial charge in [0.1, 0.15) is 31.0 Å². The summed E-state index contributed by atoms with van der Waals surface area (Å²) in [5.74, 6) is -0.277. The summed E-state index contributed by atoms with van der Waals surface area (Å²) in [4.78, 5) is 42.8. The fourth-order valence-corrected chi connectivity index (χ4v) is 6.28. The largest absolute Gasteiger partial charge is 0.491 e. The van der Waals surface area contributed by atoms with Gasteiger partial charge in [-0.15, -0.1) is 0 Å². The molecule has 2 aromatic rings. The Morgan fingerprint density at radius 3 is 2.31 bits per heavy atom. The number of fused-ring (bicyclic) bond motifs is 2. The van der Waals surface area contributed by atoms with Crippen LogP contribution in [0.25, 0.3) is 0 Å². The van der Waals surface area contributed by atoms with Crippen LogP contribution in [-0.4, -0.2) is 101 Å². The fourth-order valence-electron chi connectivity index (χ4n) is 6.28. The van der Waals surface area contributed by atoms with Gasteiger partial charge in [0.25, 0.3) is 0 Å². The highest BCUT2D eigenvalue weighted by atomic mass is 16.6. The van der Waals surface area contributed by atoms with E-state index in [1.165, 1.54) is 12.7 Å². The van der Waals surface area contributed by atoms with Gasteiger partial charge in [-0.3, -0.25) is 14.4 Å². The van der Waals surface area contributed by atoms with Crippen molar-refractivity contribution >= 4 is 17.7 Å². The smallest absolute Gasteiger partial charge is 0.246 e. The summed E-state index contributed by atoms with van der Waals surface area (Å²) in [5.41, 5.74) is 8.99. The van der Waals surface area contributed by atoms with Gasteiger partial charge >= 0.3 is 0 Å².